The molecule has 1 aliphatic heterocycles. The first kappa shape index (κ1) is 13.0. The normalized spacial score (nSPS) is 17.3. The third-order valence-electron chi connectivity index (χ3n) is 3.34. The summed E-state index contributed by atoms with van der Waals surface area (Å²) in [6.07, 6.45) is 3.75. The van der Waals surface area contributed by atoms with Crippen LogP contribution in [0.15, 0.2) is 23.5 Å². The highest BCUT2D eigenvalue weighted by Gasteiger charge is 2.36. The van der Waals surface area contributed by atoms with E-state index in [2.05, 4.69) is 19.9 Å². The number of hydrogen-bond donors (Lipinski definition) is 3. The van der Waals surface area contributed by atoms with Gasteiger partial charge in [0.1, 0.15) is 11.7 Å². The number of carboxylic acids is 1. The van der Waals surface area contributed by atoms with E-state index in [1.165, 1.54) is 17.4 Å². The van der Waals surface area contributed by atoms with Crippen molar-refractivity contribution >= 4 is 11.9 Å². The molecule has 1 amide bonds. The quantitative estimate of drug-likeness (QED) is 0.659. The molecule has 0 fully saturated rings. The molecule has 2 aromatic heterocycles. The highest BCUT2D eigenvalue weighted by atomic mass is 16.4. The van der Waals surface area contributed by atoms with Crippen molar-refractivity contribution in [1.29, 1.82) is 0 Å². The highest BCUT2D eigenvalue weighted by molar-refractivity contribution is 5.95. The SMILES string of the molecule is O=C(O)C1Cc2nc[nH]c2CN1C(=O)c1c[nH]c(=O)cn1. The number of aliphatic carboxylic acids is 1. The molecule has 9 nitrogen and oxygen atoms in total. The van der Waals surface area contributed by atoms with Crippen molar-refractivity contribution in [3.8, 4) is 0 Å². The fraction of sp³-hybridized carbons (Fsp3) is 0.250. The zero-order valence-corrected chi connectivity index (χ0v) is 10.7. The minimum atomic E-state index is -1.11. The van der Waals surface area contributed by atoms with E-state index in [0.717, 1.165) is 6.20 Å². The number of aromatic amines is 2. The molecule has 1 atom stereocenters. The summed E-state index contributed by atoms with van der Waals surface area (Å²) in [5, 5.41) is 9.30. The Kier molecular flexibility index (Phi) is 3.01. The minimum absolute atomic E-state index is 0.0104. The number of rotatable bonds is 2. The van der Waals surface area contributed by atoms with E-state index in [0.29, 0.717) is 11.4 Å². The second-order valence-corrected chi connectivity index (χ2v) is 4.62. The van der Waals surface area contributed by atoms with Crippen LogP contribution in [0.1, 0.15) is 21.9 Å². The molecule has 0 bridgehead atoms. The molecule has 9 heteroatoms. The predicted octanol–water partition coefficient (Wildman–Crippen LogP) is -0.855. The summed E-state index contributed by atoms with van der Waals surface area (Å²) in [7, 11) is 0. The molecular weight excluding hydrogens is 278 g/mol. The third-order valence-corrected chi connectivity index (χ3v) is 3.34. The Labute approximate surface area is 117 Å². The number of nitrogens with one attached hydrogen (secondary N) is 2. The molecule has 108 valence electrons. The van der Waals surface area contributed by atoms with Gasteiger partial charge >= 0.3 is 5.97 Å². The Hall–Kier alpha value is -2.97. The number of hydrogen-bond acceptors (Lipinski definition) is 5. The Balaban J connectivity index is 1.95. The second-order valence-electron chi connectivity index (χ2n) is 4.62. The summed E-state index contributed by atoms with van der Waals surface area (Å²) in [4.78, 5) is 49.0. The van der Waals surface area contributed by atoms with Gasteiger partial charge < -0.3 is 20.0 Å². The van der Waals surface area contributed by atoms with Gasteiger partial charge in [-0.2, -0.15) is 0 Å². The standard InChI is InChI=1S/C12H11N5O4/c18-10-3-13-7(2-14-10)11(19)17-4-8-6(15-5-16-8)1-9(17)12(20)21/h2-3,5,9H,1,4H2,(H,14,18)(H,15,16)(H,20,21). The van der Waals surface area contributed by atoms with E-state index >= 15 is 0 Å². The van der Waals surface area contributed by atoms with Gasteiger partial charge in [0.05, 0.1) is 30.5 Å². The molecule has 3 N–H and O–H groups in total. The minimum Gasteiger partial charge on any atom is -0.480 e. The van der Waals surface area contributed by atoms with Crippen LogP contribution in [0.4, 0.5) is 0 Å². The van der Waals surface area contributed by atoms with Gasteiger partial charge in [0.15, 0.2) is 0 Å². The van der Waals surface area contributed by atoms with Gasteiger partial charge in [-0.3, -0.25) is 9.59 Å². The van der Waals surface area contributed by atoms with Gasteiger partial charge in [-0.05, 0) is 0 Å². The molecule has 1 aliphatic rings. The van der Waals surface area contributed by atoms with E-state index in [9.17, 15) is 19.5 Å². The molecule has 0 spiro atoms. The molecule has 0 aliphatic carbocycles. The number of carbonyl (C=O) groups excluding carboxylic acids is 1. The van der Waals surface area contributed by atoms with Crippen molar-refractivity contribution in [2.45, 2.75) is 19.0 Å². The number of imidazole rings is 1. The molecule has 2 aromatic rings. The Morgan fingerprint density at radius 1 is 1.33 bits per heavy atom. The summed E-state index contributed by atoms with van der Waals surface area (Å²) in [5.74, 6) is -1.67. The van der Waals surface area contributed by atoms with Crippen LogP contribution in [0.25, 0.3) is 0 Å². The largest absolute Gasteiger partial charge is 0.480 e. The molecule has 0 radical (unpaired) electrons. The third kappa shape index (κ3) is 2.29. The van der Waals surface area contributed by atoms with E-state index in [1.54, 1.807) is 0 Å². The first-order valence-electron chi connectivity index (χ1n) is 6.16. The van der Waals surface area contributed by atoms with E-state index in [4.69, 9.17) is 0 Å². The van der Waals surface area contributed by atoms with E-state index in [-0.39, 0.29) is 18.7 Å². The smallest absolute Gasteiger partial charge is 0.326 e. The zero-order chi connectivity index (χ0) is 15.0. The molecule has 1 unspecified atom stereocenters. The number of H-pyrrole nitrogens is 2. The van der Waals surface area contributed by atoms with E-state index in [1.807, 2.05) is 0 Å². The number of carboxylic acid groups (broad SMARTS) is 1. The van der Waals surface area contributed by atoms with Crippen LogP contribution in [-0.4, -0.2) is 47.9 Å². The predicted molar refractivity (Wildman–Crippen MR) is 68.4 cm³/mol. The topological polar surface area (TPSA) is 132 Å². The average molecular weight is 289 g/mol. The van der Waals surface area contributed by atoms with Crippen molar-refractivity contribution < 1.29 is 14.7 Å². The molecular formula is C12H11N5O4. The summed E-state index contributed by atoms with van der Waals surface area (Å²) in [6.45, 7) is 0.103. The Morgan fingerprint density at radius 2 is 2.14 bits per heavy atom. The van der Waals surface area contributed by atoms with E-state index < -0.39 is 23.5 Å². The number of nitrogens with zero attached hydrogens (tertiary/aromatic N) is 3. The monoisotopic (exact) mass is 289 g/mol. The fourth-order valence-corrected chi connectivity index (χ4v) is 2.28. The van der Waals surface area contributed by atoms with Gasteiger partial charge in [-0.25, -0.2) is 14.8 Å². The van der Waals surface area contributed by atoms with Gasteiger partial charge in [-0.1, -0.05) is 0 Å². The zero-order valence-electron chi connectivity index (χ0n) is 10.7. The van der Waals surface area contributed by atoms with Gasteiger partial charge in [0.25, 0.3) is 11.5 Å². The number of aromatic nitrogens is 4. The summed E-state index contributed by atoms with van der Waals surface area (Å²) < 4.78 is 0. The number of fused-ring (bicyclic) bond motifs is 1. The van der Waals surface area contributed by atoms with Gasteiger partial charge in [0.2, 0.25) is 0 Å². The molecule has 3 rings (SSSR count). The number of amides is 1. The summed E-state index contributed by atoms with van der Waals surface area (Å²) in [5.41, 5.74) is 0.894. The van der Waals surface area contributed by atoms with Crippen molar-refractivity contribution in [3.05, 3.63) is 46.2 Å². The van der Waals surface area contributed by atoms with Crippen LogP contribution in [0.3, 0.4) is 0 Å². The van der Waals surface area contributed by atoms with Crippen LogP contribution in [0.2, 0.25) is 0 Å². The molecule has 0 saturated carbocycles. The van der Waals surface area contributed by atoms with Crippen LogP contribution < -0.4 is 5.56 Å². The van der Waals surface area contributed by atoms with Crippen LogP contribution in [0.5, 0.6) is 0 Å². The second kappa shape index (κ2) is 4.85. The highest BCUT2D eigenvalue weighted by Crippen LogP contribution is 2.22. The molecule has 0 aromatic carbocycles. The van der Waals surface area contributed by atoms with Gasteiger partial charge in [-0.15, -0.1) is 0 Å². The summed E-state index contributed by atoms with van der Waals surface area (Å²) in [6, 6.07) is -1.01. The Bertz CT molecular complexity index is 745. The first-order valence-corrected chi connectivity index (χ1v) is 6.16. The molecule has 0 saturated heterocycles. The van der Waals surface area contributed by atoms with Crippen LogP contribution in [-0.2, 0) is 17.8 Å². The van der Waals surface area contributed by atoms with Crippen LogP contribution in [0, 0.1) is 0 Å². The lowest BCUT2D eigenvalue weighted by Gasteiger charge is -2.31. The maximum atomic E-state index is 12.4. The lowest BCUT2D eigenvalue weighted by molar-refractivity contribution is -0.142. The number of carbonyl (C=O) groups is 2. The lowest BCUT2D eigenvalue weighted by Crippen LogP contribution is -2.49. The molecule has 3 heterocycles. The van der Waals surface area contributed by atoms with Crippen molar-refractivity contribution in [3.63, 3.8) is 0 Å². The lowest BCUT2D eigenvalue weighted by atomic mass is 10.0. The van der Waals surface area contributed by atoms with Crippen LogP contribution >= 0.6 is 0 Å². The van der Waals surface area contributed by atoms with Crippen molar-refractivity contribution in [2.24, 2.45) is 0 Å². The molecule has 21 heavy (non-hydrogen) atoms. The first-order chi connectivity index (χ1) is 10.1. The maximum absolute atomic E-state index is 12.4. The fourth-order valence-electron chi connectivity index (χ4n) is 2.28. The van der Waals surface area contributed by atoms with Crippen molar-refractivity contribution in [2.75, 3.05) is 0 Å². The van der Waals surface area contributed by atoms with Gasteiger partial charge in [0, 0.05) is 12.6 Å². The maximum Gasteiger partial charge on any atom is 0.326 e. The Morgan fingerprint density at radius 3 is 2.81 bits per heavy atom. The summed E-state index contributed by atoms with van der Waals surface area (Å²) >= 11 is 0. The average Bonchev–Trinajstić information content (AvgIpc) is 2.93. The van der Waals surface area contributed by atoms with Crippen molar-refractivity contribution in [1.82, 2.24) is 24.8 Å².